The minimum Gasteiger partial charge on any atom is -0.327 e. The quantitative estimate of drug-likeness (QED) is 0.872. The van der Waals surface area contributed by atoms with E-state index in [1.165, 1.54) is 25.7 Å². The Morgan fingerprint density at radius 1 is 1.29 bits per heavy atom. The number of hydrogen-bond donors (Lipinski definition) is 1. The van der Waals surface area contributed by atoms with Gasteiger partial charge in [0.1, 0.15) is 11.6 Å². The fourth-order valence-corrected chi connectivity index (χ4v) is 2.64. The largest absolute Gasteiger partial charge is 0.327 e. The van der Waals surface area contributed by atoms with Crippen LogP contribution >= 0.6 is 0 Å². The summed E-state index contributed by atoms with van der Waals surface area (Å²) in [6, 6.07) is 0.790. The normalized spacial score (nSPS) is 19.1. The molecule has 1 fully saturated rings. The Bertz CT molecular complexity index is 363. The molecule has 0 aromatic carbocycles. The van der Waals surface area contributed by atoms with Crippen LogP contribution in [0.15, 0.2) is 0 Å². The SMILES string of the molecule is Cc1nnc(CC(N)C(C)C)n1C1CCCC1. The van der Waals surface area contributed by atoms with Gasteiger partial charge in [-0.2, -0.15) is 0 Å². The second-order valence-corrected chi connectivity index (χ2v) is 5.58. The first kappa shape index (κ1) is 12.6. The highest BCUT2D eigenvalue weighted by atomic mass is 15.3. The lowest BCUT2D eigenvalue weighted by Gasteiger charge is -2.19. The molecule has 1 atom stereocenters. The summed E-state index contributed by atoms with van der Waals surface area (Å²) in [5, 5.41) is 8.55. The summed E-state index contributed by atoms with van der Waals surface area (Å²) < 4.78 is 2.33. The summed E-state index contributed by atoms with van der Waals surface area (Å²) in [6.07, 6.45) is 6.04. The summed E-state index contributed by atoms with van der Waals surface area (Å²) in [5.74, 6) is 2.61. The van der Waals surface area contributed by atoms with Crippen LogP contribution in [0.25, 0.3) is 0 Å². The molecule has 1 aromatic heterocycles. The molecule has 1 heterocycles. The van der Waals surface area contributed by atoms with Gasteiger partial charge in [-0.3, -0.25) is 0 Å². The highest BCUT2D eigenvalue weighted by Gasteiger charge is 2.23. The van der Waals surface area contributed by atoms with Gasteiger partial charge in [-0.05, 0) is 25.7 Å². The molecule has 1 saturated carbocycles. The number of rotatable bonds is 4. The zero-order valence-corrected chi connectivity index (χ0v) is 11.2. The first-order valence-electron chi connectivity index (χ1n) is 6.75. The minimum atomic E-state index is 0.179. The molecular weight excluding hydrogens is 212 g/mol. The average Bonchev–Trinajstić information content (AvgIpc) is 2.88. The second-order valence-electron chi connectivity index (χ2n) is 5.58. The Kier molecular flexibility index (Phi) is 3.82. The van der Waals surface area contributed by atoms with Crippen molar-refractivity contribution < 1.29 is 0 Å². The number of aryl methyl sites for hydroxylation is 1. The first-order chi connectivity index (χ1) is 8.09. The highest BCUT2D eigenvalue weighted by molar-refractivity contribution is 5.00. The molecule has 0 bridgehead atoms. The molecule has 1 aromatic rings. The van der Waals surface area contributed by atoms with Crippen molar-refractivity contribution in [3.8, 4) is 0 Å². The molecule has 2 rings (SSSR count). The van der Waals surface area contributed by atoms with Crippen molar-refractivity contribution in [3.63, 3.8) is 0 Å². The summed E-state index contributed by atoms with van der Waals surface area (Å²) in [6.45, 7) is 6.37. The fraction of sp³-hybridized carbons (Fsp3) is 0.846. The Balaban J connectivity index is 2.16. The molecule has 96 valence electrons. The number of aromatic nitrogens is 3. The topological polar surface area (TPSA) is 56.7 Å². The third-order valence-electron chi connectivity index (χ3n) is 3.90. The average molecular weight is 236 g/mol. The van der Waals surface area contributed by atoms with E-state index < -0.39 is 0 Å². The van der Waals surface area contributed by atoms with Crippen molar-refractivity contribution in [1.29, 1.82) is 0 Å². The molecule has 0 aliphatic heterocycles. The Morgan fingerprint density at radius 3 is 2.53 bits per heavy atom. The van der Waals surface area contributed by atoms with Crippen molar-refractivity contribution in [1.82, 2.24) is 14.8 Å². The lowest BCUT2D eigenvalue weighted by molar-refractivity contribution is 0.441. The van der Waals surface area contributed by atoms with E-state index >= 15 is 0 Å². The molecule has 0 spiro atoms. The molecule has 4 nitrogen and oxygen atoms in total. The lowest BCUT2D eigenvalue weighted by Crippen LogP contribution is -2.30. The van der Waals surface area contributed by atoms with Crippen molar-refractivity contribution in [2.75, 3.05) is 0 Å². The number of hydrogen-bond acceptors (Lipinski definition) is 3. The molecule has 2 N–H and O–H groups in total. The maximum Gasteiger partial charge on any atom is 0.134 e. The predicted molar refractivity (Wildman–Crippen MR) is 68.8 cm³/mol. The summed E-state index contributed by atoms with van der Waals surface area (Å²) >= 11 is 0. The Morgan fingerprint density at radius 2 is 1.94 bits per heavy atom. The molecule has 1 aliphatic carbocycles. The van der Waals surface area contributed by atoms with Crippen molar-refractivity contribution in [2.24, 2.45) is 11.7 Å². The maximum atomic E-state index is 6.14. The van der Waals surface area contributed by atoms with Gasteiger partial charge in [-0.25, -0.2) is 0 Å². The molecule has 1 unspecified atom stereocenters. The summed E-state index contributed by atoms with van der Waals surface area (Å²) in [4.78, 5) is 0. The molecule has 17 heavy (non-hydrogen) atoms. The number of nitrogens with two attached hydrogens (primary N) is 1. The fourth-order valence-electron chi connectivity index (χ4n) is 2.64. The van der Waals surface area contributed by atoms with Crippen LogP contribution in [0, 0.1) is 12.8 Å². The minimum absolute atomic E-state index is 0.179. The van der Waals surface area contributed by atoms with Gasteiger partial charge in [0.15, 0.2) is 0 Å². The number of nitrogens with zero attached hydrogens (tertiary/aromatic N) is 3. The van der Waals surface area contributed by atoms with E-state index in [0.29, 0.717) is 12.0 Å². The lowest BCUT2D eigenvalue weighted by atomic mass is 10.0. The van der Waals surface area contributed by atoms with Gasteiger partial charge >= 0.3 is 0 Å². The van der Waals surface area contributed by atoms with Gasteiger partial charge in [-0.15, -0.1) is 10.2 Å². The predicted octanol–water partition coefficient (Wildman–Crippen LogP) is 2.23. The van der Waals surface area contributed by atoms with Gasteiger partial charge in [0, 0.05) is 18.5 Å². The van der Waals surface area contributed by atoms with Gasteiger partial charge in [0.25, 0.3) is 0 Å². The van der Waals surface area contributed by atoms with E-state index in [1.807, 2.05) is 0 Å². The summed E-state index contributed by atoms with van der Waals surface area (Å²) in [5.41, 5.74) is 6.14. The van der Waals surface area contributed by atoms with Crippen LogP contribution in [0.4, 0.5) is 0 Å². The van der Waals surface area contributed by atoms with Crippen molar-refractivity contribution in [2.45, 2.75) is 65.0 Å². The monoisotopic (exact) mass is 236 g/mol. The third-order valence-corrected chi connectivity index (χ3v) is 3.90. The van der Waals surface area contributed by atoms with Gasteiger partial charge in [0.05, 0.1) is 0 Å². The molecule has 4 heteroatoms. The smallest absolute Gasteiger partial charge is 0.134 e. The zero-order valence-electron chi connectivity index (χ0n) is 11.2. The van der Waals surface area contributed by atoms with E-state index in [9.17, 15) is 0 Å². The van der Waals surface area contributed by atoms with Gasteiger partial charge in [-0.1, -0.05) is 26.7 Å². The summed E-state index contributed by atoms with van der Waals surface area (Å²) in [7, 11) is 0. The molecule has 0 amide bonds. The first-order valence-corrected chi connectivity index (χ1v) is 6.75. The molecule has 0 saturated heterocycles. The van der Waals surface area contributed by atoms with Crippen LogP contribution < -0.4 is 5.73 Å². The van der Waals surface area contributed by atoms with Gasteiger partial charge < -0.3 is 10.3 Å². The van der Waals surface area contributed by atoms with Crippen LogP contribution in [-0.4, -0.2) is 20.8 Å². The standard InChI is InChI=1S/C13H24N4/c1-9(2)12(14)8-13-16-15-10(3)17(13)11-6-4-5-7-11/h9,11-12H,4-8,14H2,1-3H3. The van der Waals surface area contributed by atoms with E-state index in [0.717, 1.165) is 18.1 Å². The van der Waals surface area contributed by atoms with Crippen molar-refractivity contribution in [3.05, 3.63) is 11.6 Å². The third kappa shape index (κ3) is 2.68. The Labute approximate surface area is 104 Å². The Hall–Kier alpha value is -0.900. The maximum absolute atomic E-state index is 6.14. The second kappa shape index (κ2) is 5.17. The zero-order chi connectivity index (χ0) is 12.4. The molecule has 1 aliphatic rings. The van der Waals surface area contributed by atoms with E-state index in [4.69, 9.17) is 5.73 Å². The van der Waals surface area contributed by atoms with Crippen molar-refractivity contribution >= 4 is 0 Å². The van der Waals surface area contributed by atoms with Crippen LogP contribution in [0.3, 0.4) is 0 Å². The van der Waals surface area contributed by atoms with Crippen LogP contribution in [0.1, 0.15) is 57.2 Å². The van der Waals surface area contributed by atoms with E-state index in [2.05, 4.69) is 35.5 Å². The van der Waals surface area contributed by atoms with Crippen LogP contribution in [0.5, 0.6) is 0 Å². The molecular formula is C13H24N4. The van der Waals surface area contributed by atoms with E-state index in [1.54, 1.807) is 0 Å². The molecule has 0 radical (unpaired) electrons. The van der Waals surface area contributed by atoms with Gasteiger partial charge in [0.2, 0.25) is 0 Å². The highest BCUT2D eigenvalue weighted by Crippen LogP contribution is 2.31. The van der Waals surface area contributed by atoms with Crippen LogP contribution in [-0.2, 0) is 6.42 Å². The van der Waals surface area contributed by atoms with Crippen LogP contribution in [0.2, 0.25) is 0 Å². The van der Waals surface area contributed by atoms with E-state index in [-0.39, 0.29) is 6.04 Å².